The number of rotatable bonds is 0. The minimum absolute atomic E-state index is 0.184. The molecule has 1 aliphatic rings. The number of halogens is 1. The third kappa shape index (κ3) is 1.38. The van der Waals surface area contributed by atoms with Gasteiger partial charge in [0.1, 0.15) is 5.82 Å². The number of fused-ring (bicyclic) bond motifs is 4. The summed E-state index contributed by atoms with van der Waals surface area (Å²) in [6.45, 7) is 0. The van der Waals surface area contributed by atoms with E-state index in [2.05, 4.69) is 48.5 Å². The van der Waals surface area contributed by atoms with Crippen molar-refractivity contribution in [1.82, 2.24) is 0 Å². The molecule has 0 saturated heterocycles. The Balaban J connectivity index is 1.98. The predicted molar refractivity (Wildman–Crippen MR) is 85.8 cm³/mol. The Morgan fingerprint density at radius 1 is 0.524 bits per heavy atom. The molecule has 0 atom stereocenters. The topological polar surface area (TPSA) is 0 Å². The summed E-state index contributed by atoms with van der Waals surface area (Å²) < 4.78 is 13.5. The molecular formula is C20H11F. The van der Waals surface area contributed by atoms with Crippen LogP contribution in [0.1, 0.15) is 0 Å². The van der Waals surface area contributed by atoms with Gasteiger partial charge in [-0.1, -0.05) is 42.5 Å². The molecule has 1 heteroatoms. The van der Waals surface area contributed by atoms with Crippen molar-refractivity contribution in [1.29, 1.82) is 0 Å². The second-order valence-corrected chi connectivity index (χ2v) is 5.60. The highest BCUT2D eigenvalue weighted by Gasteiger charge is 2.21. The Kier molecular flexibility index (Phi) is 1.95. The molecule has 0 saturated carbocycles. The van der Waals surface area contributed by atoms with Crippen LogP contribution in [0.25, 0.3) is 43.8 Å². The summed E-state index contributed by atoms with van der Waals surface area (Å²) in [5, 5.41) is 4.61. The molecule has 5 rings (SSSR count). The standard InChI is InChI=1S/C20H11F/c21-15-8-7-13-10-18-16-5-1-3-12-4-2-6-17(20(12)16)19(18)11-14(13)9-15/h1-11H. The zero-order valence-electron chi connectivity index (χ0n) is 11.2. The smallest absolute Gasteiger partial charge is 0.123 e. The lowest BCUT2D eigenvalue weighted by atomic mass is 9.99. The Bertz CT molecular complexity index is 1040. The quantitative estimate of drug-likeness (QED) is 0.334. The number of benzene rings is 4. The SMILES string of the molecule is Fc1ccc2cc3c(cc2c1)-c1cccc2cccc-3c12. The van der Waals surface area contributed by atoms with E-state index in [0.717, 1.165) is 10.8 Å². The first-order chi connectivity index (χ1) is 10.3. The van der Waals surface area contributed by atoms with Gasteiger partial charge < -0.3 is 0 Å². The molecule has 0 spiro atoms. The van der Waals surface area contributed by atoms with Crippen LogP contribution in [0.5, 0.6) is 0 Å². The third-order valence-electron chi connectivity index (χ3n) is 4.42. The molecular weight excluding hydrogens is 259 g/mol. The highest BCUT2D eigenvalue weighted by molar-refractivity contribution is 6.17. The Morgan fingerprint density at radius 3 is 1.90 bits per heavy atom. The van der Waals surface area contributed by atoms with Gasteiger partial charge in [0.05, 0.1) is 0 Å². The minimum Gasteiger partial charge on any atom is -0.207 e. The molecule has 4 aromatic carbocycles. The first kappa shape index (κ1) is 11.0. The average molecular weight is 270 g/mol. The van der Waals surface area contributed by atoms with Crippen LogP contribution in [0.15, 0.2) is 66.7 Å². The molecule has 1 aliphatic carbocycles. The van der Waals surface area contributed by atoms with Crippen LogP contribution < -0.4 is 0 Å². The molecule has 21 heavy (non-hydrogen) atoms. The maximum absolute atomic E-state index is 13.5. The van der Waals surface area contributed by atoms with E-state index in [1.54, 1.807) is 6.07 Å². The largest absolute Gasteiger partial charge is 0.207 e. The van der Waals surface area contributed by atoms with E-state index in [-0.39, 0.29) is 5.82 Å². The molecule has 0 unspecified atom stereocenters. The molecule has 0 aliphatic heterocycles. The highest BCUT2D eigenvalue weighted by Crippen LogP contribution is 2.48. The van der Waals surface area contributed by atoms with Crippen LogP contribution in [0, 0.1) is 5.82 Å². The van der Waals surface area contributed by atoms with Crippen molar-refractivity contribution in [3.05, 3.63) is 72.5 Å². The van der Waals surface area contributed by atoms with Gasteiger partial charge in [0.2, 0.25) is 0 Å². The van der Waals surface area contributed by atoms with Crippen LogP contribution >= 0.6 is 0 Å². The molecule has 0 bridgehead atoms. The van der Waals surface area contributed by atoms with Gasteiger partial charge in [0.25, 0.3) is 0 Å². The molecule has 0 N–H and O–H groups in total. The summed E-state index contributed by atoms with van der Waals surface area (Å²) in [4.78, 5) is 0. The van der Waals surface area contributed by atoms with Gasteiger partial charge in [-0.05, 0) is 68.1 Å². The summed E-state index contributed by atoms with van der Waals surface area (Å²) in [6, 6.07) is 22.1. The first-order valence-corrected chi connectivity index (χ1v) is 7.07. The number of hydrogen-bond donors (Lipinski definition) is 0. The van der Waals surface area contributed by atoms with Crippen LogP contribution in [0.3, 0.4) is 0 Å². The lowest BCUT2D eigenvalue weighted by Gasteiger charge is -2.05. The summed E-state index contributed by atoms with van der Waals surface area (Å²) in [6.07, 6.45) is 0. The van der Waals surface area contributed by atoms with Crippen LogP contribution in [0.2, 0.25) is 0 Å². The summed E-state index contributed by atoms with van der Waals surface area (Å²) in [5.41, 5.74) is 4.99. The lowest BCUT2D eigenvalue weighted by Crippen LogP contribution is -1.81. The van der Waals surface area contributed by atoms with Crippen LogP contribution in [-0.4, -0.2) is 0 Å². The molecule has 0 aromatic heterocycles. The molecule has 98 valence electrons. The van der Waals surface area contributed by atoms with Gasteiger partial charge in [0, 0.05) is 0 Å². The summed E-state index contributed by atoms with van der Waals surface area (Å²) >= 11 is 0. The monoisotopic (exact) mass is 270 g/mol. The van der Waals surface area contributed by atoms with E-state index in [9.17, 15) is 4.39 Å². The van der Waals surface area contributed by atoms with E-state index in [4.69, 9.17) is 0 Å². The maximum Gasteiger partial charge on any atom is 0.123 e. The van der Waals surface area contributed by atoms with Crippen molar-refractivity contribution < 1.29 is 4.39 Å². The Labute approximate surface area is 121 Å². The van der Waals surface area contributed by atoms with Gasteiger partial charge in [-0.25, -0.2) is 4.39 Å². The van der Waals surface area contributed by atoms with Gasteiger partial charge in [-0.2, -0.15) is 0 Å². The van der Waals surface area contributed by atoms with Gasteiger partial charge in [-0.15, -0.1) is 0 Å². The zero-order valence-corrected chi connectivity index (χ0v) is 11.2. The first-order valence-electron chi connectivity index (χ1n) is 7.07. The van der Waals surface area contributed by atoms with Gasteiger partial charge in [-0.3, -0.25) is 0 Å². The Hall–Kier alpha value is -2.67. The van der Waals surface area contributed by atoms with Crippen molar-refractivity contribution in [2.45, 2.75) is 0 Å². The second kappa shape index (κ2) is 3.70. The van der Waals surface area contributed by atoms with Crippen molar-refractivity contribution in [3.63, 3.8) is 0 Å². The predicted octanol–water partition coefficient (Wildman–Crippen LogP) is 5.78. The molecule has 0 heterocycles. The van der Waals surface area contributed by atoms with E-state index in [1.807, 2.05) is 6.07 Å². The van der Waals surface area contributed by atoms with Crippen LogP contribution in [0.4, 0.5) is 4.39 Å². The second-order valence-electron chi connectivity index (χ2n) is 5.60. The molecule has 0 radical (unpaired) electrons. The maximum atomic E-state index is 13.5. The van der Waals surface area contributed by atoms with Gasteiger partial charge >= 0.3 is 0 Å². The average Bonchev–Trinajstić information content (AvgIpc) is 2.82. The van der Waals surface area contributed by atoms with Crippen molar-refractivity contribution in [2.24, 2.45) is 0 Å². The molecule has 0 nitrogen and oxygen atoms in total. The lowest BCUT2D eigenvalue weighted by molar-refractivity contribution is 0.630. The van der Waals surface area contributed by atoms with Crippen molar-refractivity contribution >= 4 is 21.5 Å². The highest BCUT2D eigenvalue weighted by atomic mass is 19.1. The fraction of sp³-hybridized carbons (Fsp3) is 0. The molecule has 4 aromatic rings. The molecule has 0 fully saturated rings. The fourth-order valence-electron chi connectivity index (χ4n) is 3.50. The van der Waals surface area contributed by atoms with E-state index in [0.29, 0.717) is 0 Å². The van der Waals surface area contributed by atoms with E-state index in [1.165, 1.54) is 39.1 Å². The fourth-order valence-corrected chi connectivity index (χ4v) is 3.50. The summed E-state index contributed by atoms with van der Waals surface area (Å²) in [7, 11) is 0. The zero-order chi connectivity index (χ0) is 14.0. The Morgan fingerprint density at radius 2 is 1.19 bits per heavy atom. The van der Waals surface area contributed by atoms with Gasteiger partial charge in [0.15, 0.2) is 0 Å². The molecule has 0 amide bonds. The number of hydrogen-bond acceptors (Lipinski definition) is 0. The van der Waals surface area contributed by atoms with E-state index >= 15 is 0 Å². The van der Waals surface area contributed by atoms with Crippen molar-refractivity contribution in [2.75, 3.05) is 0 Å². The van der Waals surface area contributed by atoms with Crippen LogP contribution in [-0.2, 0) is 0 Å². The summed E-state index contributed by atoms with van der Waals surface area (Å²) in [5.74, 6) is -0.184. The van der Waals surface area contributed by atoms with E-state index < -0.39 is 0 Å². The minimum atomic E-state index is -0.184. The van der Waals surface area contributed by atoms with Crippen molar-refractivity contribution in [3.8, 4) is 22.3 Å². The third-order valence-corrected chi connectivity index (χ3v) is 4.42. The normalized spacial score (nSPS) is 12.0.